The summed E-state index contributed by atoms with van der Waals surface area (Å²) in [7, 11) is 1.28. The fraction of sp³-hybridized carbons (Fsp3) is 0.214. The minimum absolute atomic E-state index is 0.102. The summed E-state index contributed by atoms with van der Waals surface area (Å²) >= 11 is 2.16. The molecule has 1 unspecified atom stereocenters. The molecule has 14 heteroatoms. The normalized spacial score (nSPS) is 16.7. The molecule has 1 aromatic heterocycles. The van der Waals surface area contributed by atoms with Gasteiger partial charge in [0.15, 0.2) is 10.1 Å². The van der Waals surface area contributed by atoms with Crippen molar-refractivity contribution in [2.24, 2.45) is 5.73 Å². The number of nitrogens with zero attached hydrogens (tertiary/aromatic N) is 4. The molecule has 0 radical (unpaired) electrons. The number of amides is 1. The van der Waals surface area contributed by atoms with Gasteiger partial charge < -0.3 is 15.8 Å². The molecule has 10 nitrogen and oxygen atoms in total. The second kappa shape index (κ2) is 12.1. The van der Waals surface area contributed by atoms with Gasteiger partial charge in [0.2, 0.25) is 11.0 Å². The molecule has 0 spiro atoms. The van der Waals surface area contributed by atoms with E-state index >= 15 is 0 Å². The lowest BCUT2D eigenvalue weighted by Crippen LogP contribution is -2.38. The lowest BCUT2D eigenvalue weighted by Gasteiger charge is -2.38. The highest BCUT2D eigenvalue weighted by atomic mass is 32.2. The monoisotopic (exact) mass is 608 g/mol. The minimum atomic E-state index is -0.893. The number of anilines is 2. The number of nitrogens with one attached hydrogen (secondary N) is 1. The SMILES string of the molecule is COC(=O)c1ccc(C2C(C#N)=C(N)N(c3nnc(SCC(=O)Nc4ccc(F)cc4F)s3)C3=C2C(=O)CCC3)cc1. The maximum atomic E-state index is 13.9. The summed E-state index contributed by atoms with van der Waals surface area (Å²) in [5.74, 6) is -3.56. The Morgan fingerprint density at radius 3 is 2.67 bits per heavy atom. The molecule has 42 heavy (non-hydrogen) atoms. The number of carbonyl (C=O) groups is 3. The Hall–Kier alpha value is -4.61. The number of benzene rings is 2. The predicted molar refractivity (Wildman–Crippen MR) is 151 cm³/mol. The lowest BCUT2D eigenvalue weighted by molar-refractivity contribution is -0.116. The number of aromatic nitrogens is 2. The predicted octanol–water partition coefficient (Wildman–Crippen LogP) is 4.64. The van der Waals surface area contributed by atoms with Gasteiger partial charge in [0.05, 0.1) is 41.7 Å². The molecule has 0 bridgehead atoms. The highest BCUT2D eigenvalue weighted by Gasteiger charge is 2.41. The van der Waals surface area contributed by atoms with Crippen LogP contribution in [0.2, 0.25) is 0 Å². The van der Waals surface area contributed by atoms with Gasteiger partial charge in [-0.05, 0) is 42.7 Å². The maximum Gasteiger partial charge on any atom is 0.337 e. The summed E-state index contributed by atoms with van der Waals surface area (Å²) in [6.07, 6.45) is 1.39. The van der Waals surface area contributed by atoms with E-state index in [2.05, 4.69) is 21.6 Å². The summed E-state index contributed by atoms with van der Waals surface area (Å²) in [5, 5.41) is 21.2. The molecule has 214 valence electrons. The van der Waals surface area contributed by atoms with Crippen LogP contribution >= 0.6 is 23.1 Å². The number of hydrogen-bond acceptors (Lipinski definition) is 11. The van der Waals surface area contributed by atoms with E-state index in [1.807, 2.05) is 0 Å². The Morgan fingerprint density at radius 1 is 1.21 bits per heavy atom. The fourth-order valence-corrected chi connectivity index (χ4v) is 6.50. The zero-order chi connectivity index (χ0) is 30.0. The first-order valence-electron chi connectivity index (χ1n) is 12.6. The summed E-state index contributed by atoms with van der Waals surface area (Å²) in [5.41, 5.74) is 8.56. The number of ether oxygens (including phenoxy) is 1. The van der Waals surface area contributed by atoms with Crippen LogP contribution in [0.25, 0.3) is 0 Å². The van der Waals surface area contributed by atoms with Crippen molar-refractivity contribution in [3.05, 3.63) is 87.9 Å². The summed E-state index contributed by atoms with van der Waals surface area (Å²) < 4.78 is 32.2. The quantitative estimate of drug-likeness (QED) is 0.287. The van der Waals surface area contributed by atoms with Crippen LogP contribution in [-0.4, -0.2) is 40.7 Å². The van der Waals surface area contributed by atoms with Crippen LogP contribution in [0.1, 0.15) is 41.1 Å². The number of nitriles is 1. The zero-order valence-corrected chi connectivity index (χ0v) is 23.7. The first kappa shape index (κ1) is 28.9. The zero-order valence-electron chi connectivity index (χ0n) is 22.0. The van der Waals surface area contributed by atoms with Crippen LogP contribution in [0.5, 0.6) is 0 Å². The Morgan fingerprint density at radius 2 is 1.98 bits per heavy atom. The Kier molecular flexibility index (Phi) is 8.32. The molecule has 0 fully saturated rings. The summed E-state index contributed by atoms with van der Waals surface area (Å²) in [6, 6.07) is 11.5. The minimum Gasteiger partial charge on any atom is -0.465 e. The van der Waals surface area contributed by atoms with E-state index in [1.54, 1.807) is 29.2 Å². The van der Waals surface area contributed by atoms with Crippen molar-refractivity contribution in [2.75, 3.05) is 23.1 Å². The van der Waals surface area contributed by atoms with Crippen molar-refractivity contribution in [1.82, 2.24) is 10.2 Å². The Balaban J connectivity index is 1.41. The van der Waals surface area contributed by atoms with Crippen LogP contribution in [0, 0.1) is 23.0 Å². The molecule has 3 N–H and O–H groups in total. The van der Waals surface area contributed by atoms with Gasteiger partial charge in [-0.1, -0.05) is 35.2 Å². The highest BCUT2D eigenvalue weighted by Crippen LogP contribution is 2.47. The van der Waals surface area contributed by atoms with Gasteiger partial charge in [-0.3, -0.25) is 14.5 Å². The molecular formula is C28H22F2N6O4S2. The van der Waals surface area contributed by atoms with Gasteiger partial charge in [-0.25, -0.2) is 13.6 Å². The average Bonchev–Trinajstić information content (AvgIpc) is 3.45. The van der Waals surface area contributed by atoms with E-state index in [4.69, 9.17) is 10.5 Å². The van der Waals surface area contributed by atoms with Gasteiger partial charge in [0.1, 0.15) is 17.5 Å². The number of Topliss-reactive ketones (excluding diaryl/α,β-unsaturated/α-hetero) is 1. The van der Waals surface area contributed by atoms with Crippen LogP contribution in [0.4, 0.5) is 19.6 Å². The van der Waals surface area contributed by atoms with E-state index in [0.29, 0.717) is 57.2 Å². The van der Waals surface area contributed by atoms with Crippen molar-refractivity contribution >= 4 is 51.6 Å². The van der Waals surface area contributed by atoms with E-state index in [-0.39, 0.29) is 28.6 Å². The van der Waals surface area contributed by atoms with Gasteiger partial charge in [0.25, 0.3) is 0 Å². The van der Waals surface area contributed by atoms with Crippen molar-refractivity contribution in [2.45, 2.75) is 29.5 Å². The molecule has 0 saturated heterocycles. The van der Waals surface area contributed by atoms with Crippen LogP contribution < -0.4 is 16.0 Å². The number of allylic oxidation sites excluding steroid dienone is 3. The van der Waals surface area contributed by atoms with E-state index in [0.717, 1.165) is 35.2 Å². The third-order valence-corrected chi connectivity index (χ3v) is 8.74. The molecule has 2 aliphatic rings. The molecule has 5 rings (SSSR count). The second-order valence-electron chi connectivity index (χ2n) is 9.24. The number of halogens is 2. The first-order chi connectivity index (χ1) is 20.2. The molecular weight excluding hydrogens is 586 g/mol. The number of ketones is 1. The molecule has 2 aromatic carbocycles. The van der Waals surface area contributed by atoms with Crippen molar-refractivity contribution in [3.63, 3.8) is 0 Å². The second-order valence-corrected chi connectivity index (χ2v) is 11.4. The van der Waals surface area contributed by atoms with Crippen LogP contribution in [-0.2, 0) is 14.3 Å². The average molecular weight is 609 g/mol. The smallest absolute Gasteiger partial charge is 0.337 e. The highest BCUT2D eigenvalue weighted by molar-refractivity contribution is 8.01. The van der Waals surface area contributed by atoms with Crippen LogP contribution in [0.15, 0.2) is 69.5 Å². The number of nitrogens with two attached hydrogens (primary N) is 1. The van der Waals surface area contributed by atoms with E-state index in [9.17, 15) is 28.4 Å². The number of rotatable bonds is 7. The van der Waals surface area contributed by atoms with Gasteiger partial charge in [-0.15, -0.1) is 10.2 Å². The van der Waals surface area contributed by atoms with Crippen molar-refractivity contribution in [3.8, 4) is 6.07 Å². The van der Waals surface area contributed by atoms with Crippen molar-refractivity contribution in [1.29, 1.82) is 5.26 Å². The number of methoxy groups -OCH3 is 1. The third kappa shape index (κ3) is 5.61. The summed E-state index contributed by atoms with van der Waals surface area (Å²) in [6.45, 7) is 0. The topological polar surface area (TPSA) is 151 Å². The van der Waals surface area contributed by atoms with Gasteiger partial charge >= 0.3 is 5.97 Å². The molecule has 1 amide bonds. The fourth-order valence-electron chi connectivity index (χ4n) is 4.82. The van der Waals surface area contributed by atoms with Gasteiger partial charge in [0, 0.05) is 23.8 Å². The first-order valence-corrected chi connectivity index (χ1v) is 14.4. The van der Waals surface area contributed by atoms with E-state index in [1.165, 1.54) is 7.11 Å². The standard InChI is InChI=1S/C28H22F2N6O4S2/c1-40-26(39)15-7-5-14(6-8-15)23-17(12-31)25(32)36(20-3-2-4-21(37)24(20)23)27-34-35-28(42-27)41-13-22(38)33-19-10-9-16(29)11-18(19)30/h5-11,23H,2-4,13,32H2,1H3,(H,33,38). The van der Waals surface area contributed by atoms with Crippen molar-refractivity contribution < 1.29 is 27.9 Å². The molecule has 3 aromatic rings. The number of thioether (sulfide) groups is 1. The summed E-state index contributed by atoms with van der Waals surface area (Å²) in [4.78, 5) is 39.1. The Bertz CT molecular complexity index is 1700. The number of carbonyl (C=O) groups excluding carboxylic acids is 3. The Labute approximate surface area is 246 Å². The van der Waals surface area contributed by atoms with E-state index < -0.39 is 29.4 Å². The molecule has 1 atom stereocenters. The molecule has 0 saturated carbocycles. The maximum absolute atomic E-state index is 13.9. The molecule has 2 heterocycles. The molecule has 1 aliphatic heterocycles. The number of esters is 1. The number of hydrogen-bond donors (Lipinski definition) is 2. The third-order valence-electron chi connectivity index (χ3n) is 6.70. The largest absolute Gasteiger partial charge is 0.465 e. The molecule has 1 aliphatic carbocycles. The lowest BCUT2D eigenvalue weighted by atomic mass is 9.75. The van der Waals surface area contributed by atoms with Crippen LogP contribution in [0.3, 0.4) is 0 Å². The van der Waals surface area contributed by atoms with Gasteiger partial charge in [-0.2, -0.15) is 5.26 Å².